The summed E-state index contributed by atoms with van der Waals surface area (Å²) in [5, 5.41) is 9.98. The molecule has 0 bridgehead atoms. The van der Waals surface area contributed by atoms with Crippen LogP contribution in [0, 0.1) is 11.3 Å². The number of carbonyl (C=O) groups excluding carboxylic acids is 1. The molecule has 0 amide bonds. The second-order valence-electron chi connectivity index (χ2n) is 6.93. The highest BCUT2D eigenvalue weighted by Gasteiger charge is 2.40. The molecule has 2 N–H and O–H groups in total. The minimum atomic E-state index is -0.470. The van der Waals surface area contributed by atoms with E-state index in [2.05, 4.69) is 6.07 Å². The quantitative estimate of drug-likeness (QED) is 0.882. The molecule has 0 aromatic heterocycles. The van der Waals surface area contributed by atoms with E-state index in [9.17, 15) is 10.1 Å². The number of nitrogens with two attached hydrogens (primary N) is 1. The lowest BCUT2D eigenvalue weighted by atomic mass is 9.75. The number of Topliss-reactive ketones (excluding diaryl/α,β-unsaturated/α-hetero) is 1. The molecule has 0 spiro atoms. The van der Waals surface area contributed by atoms with Gasteiger partial charge in [-0.1, -0.05) is 30.3 Å². The smallest absolute Gasteiger partial charge is 0.161 e. The van der Waals surface area contributed by atoms with Crippen LogP contribution in [0.5, 0.6) is 5.75 Å². The Bertz CT molecular complexity index is 1030. The van der Waals surface area contributed by atoms with Crippen molar-refractivity contribution in [1.29, 1.82) is 5.26 Å². The van der Waals surface area contributed by atoms with Crippen LogP contribution in [0.3, 0.4) is 0 Å². The second-order valence-corrected chi connectivity index (χ2v) is 6.93. The first-order valence-corrected chi connectivity index (χ1v) is 9.30. The van der Waals surface area contributed by atoms with E-state index in [0.29, 0.717) is 29.1 Å². The third-order valence-electron chi connectivity index (χ3n) is 5.35. The van der Waals surface area contributed by atoms with Crippen LogP contribution in [0.25, 0.3) is 0 Å². The number of ketones is 1. The standard InChI is InChI=1S/C23H21N3O2/c1-28-17-10-5-7-15(13-17)21-18(14-24)23(25)26(16-8-3-2-4-9-16)19-11-6-12-20(27)22(19)21/h2-5,7-10,13,21H,6,11-12,25H2,1H3/t21-/m0/s1. The summed E-state index contributed by atoms with van der Waals surface area (Å²) >= 11 is 0. The van der Waals surface area contributed by atoms with Crippen molar-refractivity contribution in [1.82, 2.24) is 0 Å². The highest BCUT2D eigenvalue weighted by molar-refractivity contribution is 6.01. The van der Waals surface area contributed by atoms with Gasteiger partial charge in [-0.25, -0.2) is 0 Å². The van der Waals surface area contributed by atoms with Crippen LogP contribution < -0.4 is 15.4 Å². The number of ether oxygens (including phenoxy) is 1. The number of methoxy groups -OCH3 is 1. The minimum Gasteiger partial charge on any atom is -0.497 e. The summed E-state index contributed by atoms with van der Waals surface area (Å²) in [7, 11) is 1.60. The van der Waals surface area contributed by atoms with Crippen molar-refractivity contribution in [3.63, 3.8) is 0 Å². The summed E-state index contributed by atoms with van der Waals surface area (Å²) in [5.41, 5.74) is 10.2. The summed E-state index contributed by atoms with van der Waals surface area (Å²) < 4.78 is 5.35. The van der Waals surface area contributed by atoms with Gasteiger partial charge in [0.05, 0.1) is 24.7 Å². The molecule has 1 aliphatic heterocycles. The first-order valence-electron chi connectivity index (χ1n) is 9.30. The van der Waals surface area contributed by atoms with Crippen molar-refractivity contribution in [2.75, 3.05) is 12.0 Å². The predicted octanol–water partition coefficient (Wildman–Crippen LogP) is 4.00. The van der Waals surface area contributed by atoms with Gasteiger partial charge in [-0.05, 0) is 42.7 Å². The van der Waals surface area contributed by atoms with Crippen LogP contribution in [0.4, 0.5) is 5.69 Å². The van der Waals surface area contributed by atoms with Gasteiger partial charge in [0, 0.05) is 23.4 Å². The third kappa shape index (κ3) is 2.84. The van der Waals surface area contributed by atoms with Gasteiger partial charge >= 0.3 is 0 Å². The summed E-state index contributed by atoms with van der Waals surface area (Å²) in [4.78, 5) is 14.9. The minimum absolute atomic E-state index is 0.0789. The Labute approximate surface area is 164 Å². The molecule has 0 unspecified atom stereocenters. The summed E-state index contributed by atoms with van der Waals surface area (Å²) in [6, 6.07) is 19.5. The van der Waals surface area contributed by atoms with Crippen LogP contribution in [0.2, 0.25) is 0 Å². The van der Waals surface area contributed by atoms with Gasteiger partial charge in [0.1, 0.15) is 11.6 Å². The van der Waals surface area contributed by atoms with Crippen molar-refractivity contribution < 1.29 is 9.53 Å². The molecule has 2 aromatic carbocycles. The summed E-state index contributed by atoms with van der Waals surface area (Å²) in [5.74, 6) is 0.678. The van der Waals surface area contributed by atoms with E-state index in [0.717, 1.165) is 29.8 Å². The van der Waals surface area contributed by atoms with E-state index >= 15 is 0 Å². The number of rotatable bonds is 3. The number of carbonyl (C=O) groups is 1. The molecule has 0 saturated heterocycles. The lowest BCUT2D eigenvalue weighted by molar-refractivity contribution is -0.116. The number of anilines is 1. The third-order valence-corrected chi connectivity index (χ3v) is 5.35. The zero-order valence-corrected chi connectivity index (χ0v) is 15.7. The lowest BCUT2D eigenvalue weighted by Gasteiger charge is -2.39. The summed E-state index contributed by atoms with van der Waals surface area (Å²) in [6.45, 7) is 0. The van der Waals surface area contributed by atoms with E-state index in [1.165, 1.54) is 0 Å². The Hall–Kier alpha value is -3.52. The lowest BCUT2D eigenvalue weighted by Crippen LogP contribution is -2.38. The molecule has 140 valence electrons. The van der Waals surface area contributed by atoms with E-state index in [1.807, 2.05) is 59.5 Å². The molecule has 5 heteroatoms. The molecule has 2 aromatic rings. The fourth-order valence-electron chi connectivity index (χ4n) is 4.11. The molecular formula is C23H21N3O2. The van der Waals surface area contributed by atoms with Gasteiger partial charge in [0.25, 0.3) is 0 Å². The van der Waals surface area contributed by atoms with Gasteiger partial charge < -0.3 is 10.5 Å². The Kier molecular flexibility index (Phi) is 4.62. The molecule has 0 radical (unpaired) electrons. The largest absolute Gasteiger partial charge is 0.497 e. The van der Waals surface area contributed by atoms with Crippen molar-refractivity contribution >= 4 is 11.5 Å². The SMILES string of the molecule is COc1cccc([C@H]2C(C#N)=C(N)N(c3ccccc3)C3=C2C(=O)CCC3)c1. The van der Waals surface area contributed by atoms with E-state index in [1.54, 1.807) is 7.11 Å². The normalized spacial score (nSPS) is 19.4. The number of nitriles is 1. The zero-order valence-electron chi connectivity index (χ0n) is 15.7. The molecular weight excluding hydrogens is 350 g/mol. The van der Waals surface area contributed by atoms with Crippen LogP contribution in [-0.4, -0.2) is 12.9 Å². The molecule has 1 aliphatic carbocycles. The van der Waals surface area contributed by atoms with Crippen LogP contribution in [0.1, 0.15) is 30.7 Å². The first-order chi connectivity index (χ1) is 13.7. The Morgan fingerprint density at radius 2 is 1.93 bits per heavy atom. The topological polar surface area (TPSA) is 79.3 Å². The fraction of sp³-hybridized carbons (Fsp3) is 0.217. The van der Waals surface area contributed by atoms with Crippen LogP contribution in [-0.2, 0) is 4.79 Å². The first kappa shape index (κ1) is 17.9. The number of hydrogen-bond acceptors (Lipinski definition) is 5. The number of hydrogen-bond donors (Lipinski definition) is 1. The van der Waals surface area contributed by atoms with Gasteiger partial charge in [-0.15, -0.1) is 0 Å². The Morgan fingerprint density at radius 1 is 1.14 bits per heavy atom. The van der Waals surface area contributed by atoms with Crippen molar-refractivity contribution in [2.45, 2.75) is 25.2 Å². The predicted molar refractivity (Wildman–Crippen MR) is 107 cm³/mol. The van der Waals surface area contributed by atoms with Gasteiger partial charge in [0.15, 0.2) is 5.78 Å². The van der Waals surface area contributed by atoms with Crippen molar-refractivity contribution in [2.24, 2.45) is 5.73 Å². The second kappa shape index (κ2) is 7.24. The average molecular weight is 371 g/mol. The molecule has 28 heavy (non-hydrogen) atoms. The Balaban J connectivity index is 1.96. The molecule has 5 nitrogen and oxygen atoms in total. The number of nitrogens with zero attached hydrogens (tertiary/aromatic N) is 2. The fourth-order valence-corrected chi connectivity index (χ4v) is 4.11. The van der Waals surface area contributed by atoms with E-state index < -0.39 is 5.92 Å². The number of allylic oxidation sites excluding steroid dienone is 3. The van der Waals surface area contributed by atoms with Crippen molar-refractivity contribution in [3.05, 3.63) is 82.8 Å². The maximum Gasteiger partial charge on any atom is 0.161 e. The van der Waals surface area contributed by atoms with E-state index in [-0.39, 0.29) is 5.78 Å². The zero-order chi connectivity index (χ0) is 19.7. The van der Waals surface area contributed by atoms with Gasteiger partial charge in [0.2, 0.25) is 0 Å². The molecule has 1 atom stereocenters. The highest BCUT2D eigenvalue weighted by atomic mass is 16.5. The molecule has 2 aliphatic rings. The van der Waals surface area contributed by atoms with Gasteiger partial charge in [-0.3, -0.25) is 9.69 Å². The Morgan fingerprint density at radius 3 is 2.64 bits per heavy atom. The van der Waals surface area contributed by atoms with E-state index in [4.69, 9.17) is 10.5 Å². The summed E-state index contributed by atoms with van der Waals surface area (Å²) in [6.07, 6.45) is 2.01. The molecule has 4 rings (SSSR count). The molecule has 1 heterocycles. The highest BCUT2D eigenvalue weighted by Crippen LogP contribution is 2.46. The maximum atomic E-state index is 13.0. The van der Waals surface area contributed by atoms with Gasteiger partial charge in [-0.2, -0.15) is 5.26 Å². The van der Waals surface area contributed by atoms with Crippen LogP contribution in [0.15, 0.2) is 77.3 Å². The molecule has 0 fully saturated rings. The maximum absolute atomic E-state index is 13.0. The molecule has 0 saturated carbocycles. The monoisotopic (exact) mass is 371 g/mol. The average Bonchev–Trinajstić information content (AvgIpc) is 2.73. The number of para-hydroxylation sites is 1. The van der Waals surface area contributed by atoms with Crippen molar-refractivity contribution in [3.8, 4) is 11.8 Å². The van der Waals surface area contributed by atoms with Crippen LogP contribution >= 0.6 is 0 Å². The number of benzene rings is 2.